The molecule has 2 heterocycles. The summed E-state index contributed by atoms with van der Waals surface area (Å²) in [4.78, 5) is 18.5. The molecule has 3 fully saturated rings. The van der Waals surface area contributed by atoms with Gasteiger partial charge in [-0.05, 0) is 56.4 Å². The van der Waals surface area contributed by atoms with Crippen molar-refractivity contribution in [1.29, 1.82) is 0 Å². The minimum atomic E-state index is -3.26. The minimum absolute atomic E-state index is 0.172. The molecule has 1 saturated heterocycles. The van der Waals surface area contributed by atoms with Crippen molar-refractivity contribution >= 4 is 15.9 Å². The van der Waals surface area contributed by atoms with E-state index in [1.54, 1.807) is 6.07 Å². The number of piperidine rings is 1. The maximum Gasteiger partial charge on any atom is 0.409 e. The van der Waals surface area contributed by atoms with Gasteiger partial charge in [0.15, 0.2) is 9.84 Å². The highest BCUT2D eigenvalue weighted by molar-refractivity contribution is 7.90. The SMILES string of the molecule is CC1(COC(=O)N2CCC(C3CC3(N)CCOc3ccc(S(C)(=O)=O)cn3)CC2)CCC1. The van der Waals surface area contributed by atoms with Gasteiger partial charge in [0.05, 0.1) is 18.1 Å². The topological polar surface area (TPSA) is 112 Å². The number of rotatable bonds is 8. The maximum absolute atomic E-state index is 12.4. The van der Waals surface area contributed by atoms with Crippen LogP contribution in [-0.4, -0.2) is 62.5 Å². The van der Waals surface area contributed by atoms with Crippen LogP contribution in [0.4, 0.5) is 4.79 Å². The zero-order chi connectivity index (χ0) is 23.0. The quantitative estimate of drug-likeness (QED) is 0.628. The standard InChI is InChI=1S/C23H35N3O5S/c1-22(8-3-9-22)16-31-21(27)26-11-6-17(7-12-26)19-14-23(19,24)10-13-30-20-5-4-18(15-25-20)32(2,28)29/h4-5,15,17,19H,3,6-14,16,24H2,1-2H3. The van der Waals surface area contributed by atoms with Crippen LogP contribution in [0.5, 0.6) is 5.88 Å². The summed E-state index contributed by atoms with van der Waals surface area (Å²) in [5.41, 5.74) is 6.56. The molecule has 2 atom stereocenters. The maximum atomic E-state index is 12.4. The van der Waals surface area contributed by atoms with Crippen molar-refractivity contribution in [2.75, 3.05) is 32.6 Å². The molecule has 4 rings (SSSR count). The number of sulfone groups is 1. The fourth-order valence-corrected chi connectivity index (χ4v) is 5.59. The van der Waals surface area contributed by atoms with Gasteiger partial charge in [0.25, 0.3) is 0 Å². The largest absolute Gasteiger partial charge is 0.478 e. The third-order valence-electron chi connectivity index (χ3n) is 7.60. The second-order valence-corrected chi connectivity index (χ2v) is 12.3. The lowest BCUT2D eigenvalue weighted by atomic mass is 9.71. The van der Waals surface area contributed by atoms with Crippen molar-refractivity contribution < 1.29 is 22.7 Å². The van der Waals surface area contributed by atoms with E-state index in [-0.39, 0.29) is 21.9 Å². The molecule has 1 aliphatic heterocycles. The normalized spacial score (nSPS) is 27.5. The zero-order valence-corrected chi connectivity index (χ0v) is 19.9. The Morgan fingerprint density at radius 3 is 2.56 bits per heavy atom. The predicted molar refractivity (Wildman–Crippen MR) is 120 cm³/mol. The number of carbonyl (C=O) groups excluding carboxylic acids is 1. The van der Waals surface area contributed by atoms with Gasteiger partial charge in [-0.25, -0.2) is 18.2 Å². The van der Waals surface area contributed by atoms with E-state index in [2.05, 4.69) is 11.9 Å². The Hall–Kier alpha value is -1.87. The van der Waals surface area contributed by atoms with Gasteiger partial charge in [-0.15, -0.1) is 0 Å². The summed E-state index contributed by atoms with van der Waals surface area (Å²) in [7, 11) is -3.26. The van der Waals surface area contributed by atoms with Crippen LogP contribution in [0, 0.1) is 17.3 Å². The monoisotopic (exact) mass is 465 g/mol. The number of amides is 1. The molecule has 0 spiro atoms. The summed E-state index contributed by atoms with van der Waals surface area (Å²) in [5, 5.41) is 0. The molecule has 0 radical (unpaired) electrons. The number of pyridine rings is 1. The summed E-state index contributed by atoms with van der Waals surface area (Å²) in [6, 6.07) is 3.07. The number of aromatic nitrogens is 1. The lowest BCUT2D eigenvalue weighted by Gasteiger charge is -2.38. The Bertz CT molecular complexity index is 923. The summed E-state index contributed by atoms with van der Waals surface area (Å²) < 4.78 is 34.3. The highest BCUT2D eigenvalue weighted by atomic mass is 32.2. The molecule has 2 N–H and O–H groups in total. The van der Waals surface area contributed by atoms with E-state index < -0.39 is 9.84 Å². The highest BCUT2D eigenvalue weighted by Crippen LogP contribution is 2.51. The predicted octanol–water partition coefficient (Wildman–Crippen LogP) is 3.01. The van der Waals surface area contributed by atoms with Gasteiger partial charge in [-0.3, -0.25) is 0 Å². The molecule has 178 valence electrons. The highest BCUT2D eigenvalue weighted by Gasteiger charge is 2.54. The van der Waals surface area contributed by atoms with Gasteiger partial charge in [0.2, 0.25) is 5.88 Å². The molecule has 0 bridgehead atoms. The smallest absolute Gasteiger partial charge is 0.409 e. The molecule has 0 aromatic carbocycles. The number of carbonyl (C=O) groups is 1. The minimum Gasteiger partial charge on any atom is -0.478 e. The van der Waals surface area contributed by atoms with Crippen molar-refractivity contribution in [3.05, 3.63) is 18.3 Å². The van der Waals surface area contributed by atoms with Crippen LogP contribution in [0.2, 0.25) is 0 Å². The van der Waals surface area contributed by atoms with Gasteiger partial charge in [0, 0.05) is 42.6 Å². The van der Waals surface area contributed by atoms with Crippen LogP contribution in [0.1, 0.15) is 51.9 Å². The second-order valence-electron chi connectivity index (χ2n) is 10.3. The fourth-order valence-electron chi connectivity index (χ4n) is 5.03. The Kier molecular flexibility index (Phi) is 6.42. The van der Waals surface area contributed by atoms with Crippen LogP contribution in [0.3, 0.4) is 0 Å². The van der Waals surface area contributed by atoms with Crippen LogP contribution < -0.4 is 10.5 Å². The van der Waals surface area contributed by atoms with E-state index in [1.807, 2.05) is 4.90 Å². The van der Waals surface area contributed by atoms with Crippen LogP contribution in [-0.2, 0) is 14.6 Å². The Labute approximate surface area is 190 Å². The van der Waals surface area contributed by atoms with E-state index in [0.717, 1.165) is 57.9 Å². The lowest BCUT2D eigenvalue weighted by molar-refractivity contribution is 0.0187. The van der Waals surface area contributed by atoms with E-state index in [0.29, 0.717) is 30.9 Å². The summed E-state index contributed by atoms with van der Waals surface area (Å²) in [6.45, 7) is 4.64. The van der Waals surface area contributed by atoms with Crippen molar-refractivity contribution in [2.24, 2.45) is 23.0 Å². The number of hydrogen-bond acceptors (Lipinski definition) is 7. The first kappa shape index (κ1) is 23.3. The number of nitrogens with zero attached hydrogens (tertiary/aromatic N) is 2. The van der Waals surface area contributed by atoms with E-state index >= 15 is 0 Å². The molecule has 32 heavy (non-hydrogen) atoms. The average Bonchev–Trinajstić information content (AvgIpc) is 3.41. The van der Waals surface area contributed by atoms with E-state index in [4.69, 9.17) is 15.2 Å². The van der Waals surface area contributed by atoms with Gasteiger partial charge in [-0.1, -0.05) is 13.3 Å². The zero-order valence-electron chi connectivity index (χ0n) is 19.1. The summed E-state index contributed by atoms with van der Waals surface area (Å²) >= 11 is 0. The number of likely N-dealkylation sites (tertiary alicyclic amines) is 1. The summed E-state index contributed by atoms with van der Waals surface area (Å²) in [5.74, 6) is 1.39. The van der Waals surface area contributed by atoms with Crippen LogP contribution in [0.25, 0.3) is 0 Å². The molecule has 1 aromatic rings. The van der Waals surface area contributed by atoms with Gasteiger partial charge >= 0.3 is 6.09 Å². The Balaban J connectivity index is 1.16. The molecule has 3 aliphatic rings. The first-order valence-corrected chi connectivity index (χ1v) is 13.5. The van der Waals surface area contributed by atoms with Crippen LogP contribution in [0.15, 0.2) is 23.2 Å². The molecule has 2 unspecified atom stereocenters. The third kappa shape index (κ3) is 5.36. The number of hydrogen-bond donors (Lipinski definition) is 1. The van der Waals surface area contributed by atoms with Crippen molar-refractivity contribution in [2.45, 2.75) is 62.3 Å². The van der Waals surface area contributed by atoms with Crippen molar-refractivity contribution in [1.82, 2.24) is 9.88 Å². The molecule has 9 heteroatoms. The Morgan fingerprint density at radius 1 is 1.28 bits per heavy atom. The fraction of sp³-hybridized carbons (Fsp3) is 0.739. The van der Waals surface area contributed by atoms with Crippen molar-refractivity contribution in [3.63, 3.8) is 0 Å². The Morgan fingerprint density at radius 2 is 2.00 bits per heavy atom. The first-order chi connectivity index (χ1) is 15.1. The van der Waals surface area contributed by atoms with Gasteiger partial charge < -0.3 is 20.1 Å². The van der Waals surface area contributed by atoms with Crippen molar-refractivity contribution in [3.8, 4) is 5.88 Å². The molecule has 1 aromatic heterocycles. The van der Waals surface area contributed by atoms with Crippen LogP contribution >= 0.6 is 0 Å². The second kappa shape index (κ2) is 8.82. The third-order valence-corrected chi connectivity index (χ3v) is 8.70. The summed E-state index contributed by atoms with van der Waals surface area (Å²) in [6.07, 6.45) is 9.46. The van der Waals surface area contributed by atoms with Gasteiger partial charge in [-0.2, -0.15) is 0 Å². The molecular formula is C23H35N3O5S. The van der Waals surface area contributed by atoms with E-state index in [1.165, 1.54) is 18.7 Å². The number of ether oxygens (including phenoxy) is 2. The number of nitrogens with two attached hydrogens (primary N) is 1. The van der Waals surface area contributed by atoms with E-state index in [9.17, 15) is 13.2 Å². The molecule has 2 saturated carbocycles. The first-order valence-electron chi connectivity index (χ1n) is 11.6. The van der Waals surface area contributed by atoms with Gasteiger partial charge in [0.1, 0.15) is 0 Å². The molecule has 8 nitrogen and oxygen atoms in total. The molecular weight excluding hydrogens is 430 g/mol. The molecule has 1 amide bonds. The molecule has 2 aliphatic carbocycles. The lowest BCUT2D eigenvalue weighted by Crippen LogP contribution is -2.42. The average molecular weight is 466 g/mol.